The highest BCUT2D eigenvalue weighted by atomic mass is 16.7. The quantitative estimate of drug-likeness (QED) is 0.113. The van der Waals surface area contributed by atoms with Crippen LogP contribution in [0.15, 0.2) is 0 Å². The van der Waals surface area contributed by atoms with E-state index in [1.165, 1.54) is 0 Å². The van der Waals surface area contributed by atoms with Gasteiger partial charge in [0.05, 0.1) is 18.7 Å². The fourth-order valence-corrected chi connectivity index (χ4v) is 5.07. The zero-order valence-electron chi connectivity index (χ0n) is 21.7. The number of nitrogens with two attached hydrogens (primary N) is 4. The van der Waals surface area contributed by atoms with Gasteiger partial charge in [-0.2, -0.15) is 0 Å². The molecule has 17 N–H and O–H groups in total. The molecule has 234 valence electrons. The van der Waals surface area contributed by atoms with Crippen LogP contribution in [0.25, 0.3) is 0 Å². The van der Waals surface area contributed by atoms with Crippen molar-refractivity contribution in [3.63, 3.8) is 0 Å². The van der Waals surface area contributed by atoms with E-state index in [9.17, 15) is 45.6 Å². The van der Waals surface area contributed by atoms with E-state index in [4.69, 9.17) is 41.9 Å². The molecule has 1 amide bonds. The van der Waals surface area contributed by atoms with Gasteiger partial charge in [0, 0.05) is 12.6 Å². The molecule has 0 spiro atoms. The molecule has 16 atom stereocenters. The van der Waals surface area contributed by atoms with Crippen LogP contribution >= 0.6 is 0 Å². The van der Waals surface area contributed by atoms with Gasteiger partial charge in [-0.3, -0.25) is 4.79 Å². The summed E-state index contributed by atoms with van der Waals surface area (Å²) in [6, 6.07) is -3.42. The summed E-state index contributed by atoms with van der Waals surface area (Å²) in [6.45, 7) is -0.899. The van der Waals surface area contributed by atoms with E-state index in [1.807, 2.05) is 0 Å². The molecule has 0 aromatic heterocycles. The highest BCUT2D eigenvalue weighted by molar-refractivity contribution is 5.80. The third kappa shape index (κ3) is 7.06. The minimum absolute atomic E-state index is 0.00934. The third-order valence-electron chi connectivity index (χ3n) is 7.51. The number of rotatable bonds is 10. The summed E-state index contributed by atoms with van der Waals surface area (Å²) in [7, 11) is 0. The average Bonchev–Trinajstić information content (AvgIpc) is 2.92. The predicted octanol–water partition coefficient (Wildman–Crippen LogP) is -8.42. The molecule has 3 rings (SSSR count). The standard InChI is InChI=1S/C22H43N5O13/c23-2-1-8(29)20(36)27-7-3-6(25)18(39-21-14(32)11(26)12(30)10(5-28)38-21)17(35)19(7)40-22-16(34)15(33)13(31)9(4-24)37-22/h6-19,21-22,28-35H,1-5,23-26H2,(H,27,36)/t6-,7+,8+,9-,10-,11+,12-,13+,14-,15+,16-,17+,18+,19-,21-,22-/m1/s1. The van der Waals surface area contributed by atoms with Crippen LogP contribution in [0.5, 0.6) is 0 Å². The number of hydrogen-bond acceptors (Lipinski definition) is 17. The largest absolute Gasteiger partial charge is 0.394 e. The summed E-state index contributed by atoms with van der Waals surface area (Å²) in [5.74, 6) is -0.847. The normalized spacial score (nSPS) is 47.0. The molecule has 0 bridgehead atoms. The van der Waals surface area contributed by atoms with E-state index in [1.54, 1.807) is 0 Å². The first kappa shape index (κ1) is 33.3. The van der Waals surface area contributed by atoms with Crippen molar-refractivity contribution in [1.82, 2.24) is 5.32 Å². The van der Waals surface area contributed by atoms with Crippen LogP contribution in [0.2, 0.25) is 0 Å². The summed E-state index contributed by atoms with van der Waals surface area (Å²) in [4.78, 5) is 12.6. The van der Waals surface area contributed by atoms with E-state index in [2.05, 4.69) is 5.32 Å². The van der Waals surface area contributed by atoms with Crippen molar-refractivity contribution in [2.24, 2.45) is 22.9 Å². The van der Waals surface area contributed by atoms with Crippen LogP contribution in [0.4, 0.5) is 0 Å². The second-order valence-electron chi connectivity index (χ2n) is 10.3. The maximum Gasteiger partial charge on any atom is 0.249 e. The SMILES string of the molecule is NCC[C@H](O)C(=O)N[C@H]1C[C@@H](N)[C@H](O[C@H]2O[C@H](CO)[C@@H](O)[C@H](N)[C@H]2O)[C@H](O)[C@@H]1O[C@H]1O[C@H](CN)[C@H](O)[C@H](O)[C@H]1O. The Labute approximate surface area is 229 Å². The lowest BCUT2D eigenvalue weighted by Crippen LogP contribution is -2.69. The van der Waals surface area contributed by atoms with Gasteiger partial charge in [-0.1, -0.05) is 0 Å². The van der Waals surface area contributed by atoms with Gasteiger partial charge in [0.15, 0.2) is 12.6 Å². The molecule has 2 heterocycles. The minimum Gasteiger partial charge on any atom is -0.394 e. The molecule has 2 saturated heterocycles. The van der Waals surface area contributed by atoms with Crippen LogP contribution in [-0.4, -0.2) is 164 Å². The maximum atomic E-state index is 12.6. The Morgan fingerprint density at radius 3 is 2.05 bits per heavy atom. The maximum absolute atomic E-state index is 12.6. The molecule has 1 saturated carbocycles. The molecule has 0 unspecified atom stereocenters. The Morgan fingerprint density at radius 2 is 1.45 bits per heavy atom. The number of carbonyl (C=O) groups is 1. The molecule has 0 aromatic rings. The highest BCUT2D eigenvalue weighted by Gasteiger charge is 2.52. The Hall–Kier alpha value is -1.17. The van der Waals surface area contributed by atoms with Crippen LogP contribution < -0.4 is 28.3 Å². The van der Waals surface area contributed by atoms with Crippen molar-refractivity contribution in [3.05, 3.63) is 0 Å². The lowest BCUT2D eigenvalue weighted by Gasteiger charge is -2.49. The molecule has 40 heavy (non-hydrogen) atoms. The predicted molar refractivity (Wildman–Crippen MR) is 131 cm³/mol. The average molecular weight is 586 g/mol. The van der Waals surface area contributed by atoms with E-state index in [0.29, 0.717) is 0 Å². The summed E-state index contributed by atoms with van der Waals surface area (Å²) < 4.78 is 22.5. The van der Waals surface area contributed by atoms with Crippen molar-refractivity contribution < 1.29 is 64.6 Å². The van der Waals surface area contributed by atoms with Gasteiger partial charge < -0.3 is 88.1 Å². The first-order chi connectivity index (χ1) is 18.9. The minimum atomic E-state index is -1.80. The molecule has 1 aliphatic carbocycles. The Morgan fingerprint density at radius 1 is 0.850 bits per heavy atom. The number of aliphatic hydroxyl groups excluding tert-OH is 8. The number of amides is 1. The molecule has 18 heteroatoms. The molecular weight excluding hydrogens is 542 g/mol. The summed E-state index contributed by atoms with van der Waals surface area (Å²) in [5, 5.41) is 84.9. The highest BCUT2D eigenvalue weighted by Crippen LogP contribution is 2.32. The molecule has 3 fully saturated rings. The van der Waals surface area contributed by atoms with Crippen LogP contribution in [0.3, 0.4) is 0 Å². The second-order valence-corrected chi connectivity index (χ2v) is 10.3. The molecule has 0 aromatic carbocycles. The lowest BCUT2D eigenvalue weighted by atomic mass is 9.83. The van der Waals surface area contributed by atoms with Gasteiger partial charge in [-0.25, -0.2) is 0 Å². The number of aliphatic hydroxyl groups is 8. The summed E-state index contributed by atoms with van der Waals surface area (Å²) in [5.41, 5.74) is 23.1. The lowest BCUT2D eigenvalue weighted by molar-refractivity contribution is -0.332. The Balaban J connectivity index is 1.85. The first-order valence-electron chi connectivity index (χ1n) is 13.1. The molecule has 2 aliphatic heterocycles. The van der Waals surface area contributed by atoms with Gasteiger partial charge in [-0.15, -0.1) is 0 Å². The van der Waals surface area contributed by atoms with E-state index < -0.39 is 110 Å². The fourth-order valence-electron chi connectivity index (χ4n) is 5.07. The van der Waals surface area contributed by atoms with E-state index >= 15 is 0 Å². The Kier molecular flexibility index (Phi) is 11.9. The van der Waals surface area contributed by atoms with Crippen LogP contribution in [-0.2, 0) is 23.7 Å². The van der Waals surface area contributed by atoms with Gasteiger partial charge in [0.1, 0.15) is 67.1 Å². The number of ether oxygens (including phenoxy) is 4. The van der Waals surface area contributed by atoms with Gasteiger partial charge >= 0.3 is 0 Å². The van der Waals surface area contributed by atoms with Crippen LogP contribution in [0.1, 0.15) is 12.8 Å². The fraction of sp³-hybridized carbons (Fsp3) is 0.955. The van der Waals surface area contributed by atoms with E-state index in [0.717, 1.165) is 0 Å². The number of nitrogens with one attached hydrogen (secondary N) is 1. The van der Waals surface area contributed by atoms with Crippen molar-refractivity contribution in [2.75, 3.05) is 19.7 Å². The van der Waals surface area contributed by atoms with Gasteiger partial charge in [-0.05, 0) is 19.4 Å². The summed E-state index contributed by atoms with van der Waals surface area (Å²) in [6.07, 6.45) is -19.9. The molecular formula is C22H43N5O13. The third-order valence-corrected chi connectivity index (χ3v) is 7.51. The van der Waals surface area contributed by atoms with Crippen LogP contribution in [0, 0.1) is 0 Å². The van der Waals surface area contributed by atoms with Crippen molar-refractivity contribution in [1.29, 1.82) is 0 Å². The number of hydrogen-bond donors (Lipinski definition) is 13. The Bertz CT molecular complexity index is 815. The van der Waals surface area contributed by atoms with Crippen molar-refractivity contribution in [3.8, 4) is 0 Å². The monoisotopic (exact) mass is 585 g/mol. The number of carbonyl (C=O) groups excluding carboxylic acids is 1. The molecule has 0 radical (unpaired) electrons. The molecule has 3 aliphatic rings. The first-order valence-corrected chi connectivity index (χ1v) is 13.1. The zero-order valence-corrected chi connectivity index (χ0v) is 21.7. The van der Waals surface area contributed by atoms with Gasteiger partial charge in [0.2, 0.25) is 5.91 Å². The molecule has 18 nitrogen and oxygen atoms in total. The zero-order chi connectivity index (χ0) is 29.9. The smallest absolute Gasteiger partial charge is 0.249 e. The topological polar surface area (TPSA) is 332 Å². The summed E-state index contributed by atoms with van der Waals surface area (Å²) >= 11 is 0. The van der Waals surface area contributed by atoms with Crippen molar-refractivity contribution >= 4 is 5.91 Å². The van der Waals surface area contributed by atoms with E-state index in [-0.39, 0.29) is 25.9 Å². The second kappa shape index (κ2) is 14.3. The van der Waals surface area contributed by atoms with Crippen molar-refractivity contribution in [2.45, 2.75) is 111 Å². The van der Waals surface area contributed by atoms with Gasteiger partial charge in [0.25, 0.3) is 0 Å².